The Hall–Kier alpha value is -4.16. The number of benzene rings is 1. The number of nitrogens with zero attached hydrogens (tertiary/aromatic N) is 4. The Balaban J connectivity index is 1.35. The Bertz CT molecular complexity index is 1610. The number of sulfonamides is 1. The van der Waals surface area contributed by atoms with E-state index in [-0.39, 0.29) is 34.9 Å². The number of pyridine rings is 2. The highest BCUT2D eigenvalue weighted by molar-refractivity contribution is 7.89. The standard InChI is InChI=1S/C24H22N6O5S/c1-15-22(36(34,35)29-10-7-16-12-25-9-6-18(16)14-29)11-20(28-15)24(31)27-13-17-4-5-21(30(32)33)23-19(17)3-2-8-26-23/h2-6,8-9,11-12,28H,7,10,13-14H2,1H3,(H,27,31). The largest absolute Gasteiger partial charge is 0.353 e. The number of amides is 1. The van der Waals surface area contributed by atoms with Gasteiger partial charge in [0.1, 0.15) is 16.1 Å². The molecular formula is C24H22N6O5S. The van der Waals surface area contributed by atoms with Crippen molar-refractivity contribution in [2.45, 2.75) is 31.3 Å². The number of carbonyl (C=O) groups is 1. The van der Waals surface area contributed by atoms with Gasteiger partial charge < -0.3 is 10.3 Å². The number of H-pyrrole nitrogens is 1. The second-order valence-electron chi connectivity index (χ2n) is 8.49. The summed E-state index contributed by atoms with van der Waals surface area (Å²) >= 11 is 0. The number of nitro benzene ring substituents is 1. The Morgan fingerprint density at radius 1 is 1.22 bits per heavy atom. The fourth-order valence-corrected chi connectivity index (χ4v) is 6.04. The lowest BCUT2D eigenvalue weighted by atomic mass is 10.0. The van der Waals surface area contributed by atoms with Crippen molar-refractivity contribution in [3.05, 3.63) is 93.2 Å². The van der Waals surface area contributed by atoms with Crippen molar-refractivity contribution in [3.8, 4) is 0 Å². The maximum atomic E-state index is 13.4. The molecule has 0 unspecified atom stereocenters. The number of aryl methyl sites for hydroxylation is 1. The van der Waals surface area contributed by atoms with Crippen LogP contribution in [0.2, 0.25) is 0 Å². The van der Waals surface area contributed by atoms with Crippen LogP contribution in [-0.4, -0.2) is 45.1 Å². The van der Waals surface area contributed by atoms with E-state index in [9.17, 15) is 23.3 Å². The number of nitrogens with one attached hydrogen (secondary N) is 2. The van der Waals surface area contributed by atoms with Gasteiger partial charge in [0.25, 0.3) is 11.6 Å². The predicted octanol–water partition coefficient (Wildman–Crippen LogP) is 2.85. The van der Waals surface area contributed by atoms with Crippen molar-refractivity contribution in [1.82, 2.24) is 24.6 Å². The van der Waals surface area contributed by atoms with Gasteiger partial charge >= 0.3 is 0 Å². The first kappa shape index (κ1) is 23.6. The Labute approximate surface area is 206 Å². The number of non-ortho nitro benzene ring substituents is 1. The number of carbonyl (C=O) groups excluding carboxylic acids is 1. The van der Waals surface area contributed by atoms with Crippen molar-refractivity contribution < 1.29 is 18.1 Å². The third-order valence-electron chi connectivity index (χ3n) is 6.29. The molecule has 1 aliphatic heterocycles. The molecule has 4 heterocycles. The first-order chi connectivity index (χ1) is 17.3. The summed E-state index contributed by atoms with van der Waals surface area (Å²) < 4.78 is 28.1. The van der Waals surface area contributed by atoms with E-state index in [2.05, 4.69) is 20.3 Å². The molecular weight excluding hydrogens is 484 g/mol. The van der Waals surface area contributed by atoms with E-state index in [0.717, 1.165) is 11.1 Å². The zero-order chi connectivity index (χ0) is 25.4. The number of nitro groups is 1. The van der Waals surface area contributed by atoms with Crippen LogP contribution < -0.4 is 5.32 Å². The van der Waals surface area contributed by atoms with Crippen molar-refractivity contribution in [2.75, 3.05) is 6.54 Å². The second kappa shape index (κ2) is 9.13. The van der Waals surface area contributed by atoms with Gasteiger partial charge in [0.05, 0.1) is 4.92 Å². The van der Waals surface area contributed by atoms with Gasteiger partial charge in [-0.3, -0.25) is 19.9 Å². The minimum atomic E-state index is -3.83. The molecule has 0 radical (unpaired) electrons. The van der Waals surface area contributed by atoms with E-state index < -0.39 is 20.9 Å². The van der Waals surface area contributed by atoms with Crippen LogP contribution in [0.25, 0.3) is 10.9 Å². The maximum absolute atomic E-state index is 13.4. The molecule has 4 aromatic rings. The number of hydrogen-bond acceptors (Lipinski definition) is 7. The smallest absolute Gasteiger partial charge is 0.295 e. The number of aromatic amines is 1. The highest BCUT2D eigenvalue weighted by Gasteiger charge is 2.31. The van der Waals surface area contributed by atoms with Crippen molar-refractivity contribution in [2.24, 2.45) is 0 Å². The Morgan fingerprint density at radius 3 is 2.86 bits per heavy atom. The van der Waals surface area contributed by atoms with E-state index >= 15 is 0 Å². The summed E-state index contributed by atoms with van der Waals surface area (Å²) in [5.41, 5.74) is 3.18. The van der Waals surface area contributed by atoms with E-state index in [0.29, 0.717) is 29.6 Å². The number of hydrogen-bond donors (Lipinski definition) is 2. The van der Waals surface area contributed by atoms with Crippen LogP contribution in [-0.2, 0) is 29.5 Å². The minimum Gasteiger partial charge on any atom is -0.353 e. The summed E-state index contributed by atoms with van der Waals surface area (Å²) in [4.78, 5) is 34.8. The van der Waals surface area contributed by atoms with Crippen LogP contribution in [0.1, 0.15) is 32.9 Å². The molecule has 0 fully saturated rings. The molecule has 0 bridgehead atoms. The van der Waals surface area contributed by atoms with E-state index in [1.165, 1.54) is 22.6 Å². The average Bonchev–Trinajstić information content (AvgIpc) is 3.29. The molecule has 0 aliphatic carbocycles. The summed E-state index contributed by atoms with van der Waals surface area (Å²) in [6, 6.07) is 9.45. The molecule has 2 N–H and O–H groups in total. The van der Waals surface area contributed by atoms with Gasteiger partial charge in [0.2, 0.25) is 10.0 Å². The van der Waals surface area contributed by atoms with Gasteiger partial charge in [-0.15, -0.1) is 0 Å². The lowest BCUT2D eigenvalue weighted by molar-refractivity contribution is -0.383. The number of aromatic nitrogens is 3. The van der Waals surface area contributed by atoms with Gasteiger partial charge in [-0.25, -0.2) is 13.4 Å². The van der Waals surface area contributed by atoms with Crippen LogP contribution in [0.4, 0.5) is 5.69 Å². The highest BCUT2D eigenvalue weighted by Crippen LogP contribution is 2.28. The van der Waals surface area contributed by atoms with Crippen LogP contribution >= 0.6 is 0 Å². The zero-order valence-electron chi connectivity index (χ0n) is 19.3. The normalized spacial score (nSPS) is 13.9. The molecule has 0 spiro atoms. The van der Waals surface area contributed by atoms with E-state index in [1.54, 1.807) is 37.5 Å². The van der Waals surface area contributed by atoms with Gasteiger partial charge in [-0.2, -0.15) is 4.31 Å². The quantitative estimate of drug-likeness (QED) is 0.301. The van der Waals surface area contributed by atoms with Gasteiger partial charge in [0.15, 0.2) is 0 Å². The first-order valence-corrected chi connectivity index (χ1v) is 12.6. The third kappa shape index (κ3) is 4.20. The molecule has 3 aromatic heterocycles. The lowest BCUT2D eigenvalue weighted by Crippen LogP contribution is -2.36. The lowest BCUT2D eigenvalue weighted by Gasteiger charge is -2.27. The average molecular weight is 507 g/mol. The topological polar surface area (TPSA) is 151 Å². The Kier molecular flexibility index (Phi) is 5.98. The summed E-state index contributed by atoms with van der Waals surface area (Å²) in [5.74, 6) is -0.495. The monoisotopic (exact) mass is 506 g/mol. The summed E-state index contributed by atoms with van der Waals surface area (Å²) in [6.07, 6.45) is 5.44. The summed E-state index contributed by atoms with van der Waals surface area (Å²) in [5, 5.41) is 14.6. The van der Waals surface area contributed by atoms with Crippen molar-refractivity contribution in [1.29, 1.82) is 0 Å². The van der Waals surface area contributed by atoms with Crippen LogP contribution in [0.5, 0.6) is 0 Å². The predicted molar refractivity (Wildman–Crippen MR) is 131 cm³/mol. The molecule has 0 atom stereocenters. The molecule has 11 nitrogen and oxygen atoms in total. The fourth-order valence-electron chi connectivity index (χ4n) is 4.41. The molecule has 1 amide bonds. The maximum Gasteiger partial charge on any atom is 0.295 e. The molecule has 184 valence electrons. The van der Waals surface area contributed by atoms with Crippen LogP contribution in [0.3, 0.4) is 0 Å². The summed E-state index contributed by atoms with van der Waals surface area (Å²) in [6.45, 7) is 2.26. The summed E-state index contributed by atoms with van der Waals surface area (Å²) in [7, 11) is -3.83. The molecule has 5 rings (SSSR count). The number of fused-ring (bicyclic) bond motifs is 2. The molecule has 0 saturated carbocycles. The van der Waals surface area contributed by atoms with Gasteiger partial charge in [-0.1, -0.05) is 6.07 Å². The molecule has 1 aliphatic rings. The zero-order valence-corrected chi connectivity index (χ0v) is 20.1. The van der Waals surface area contributed by atoms with E-state index in [1.807, 2.05) is 6.07 Å². The highest BCUT2D eigenvalue weighted by atomic mass is 32.2. The fraction of sp³-hybridized carbons (Fsp3) is 0.208. The van der Waals surface area contributed by atoms with Gasteiger partial charge in [-0.05, 0) is 54.3 Å². The minimum absolute atomic E-state index is 0.0511. The second-order valence-corrected chi connectivity index (χ2v) is 10.4. The van der Waals surface area contributed by atoms with Crippen LogP contribution in [0.15, 0.2) is 59.9 Å². The molecule has 0 saturated heterocycles. The third-order valence-corrected chi connectivity index (χ3v) is 8.26. The molecule has 36 heavy (non-hydrogen) atoms. The molecule has 12 heteroatoms. The van der Waals surface area contributed by atoms with Crippen LogP contribution in [0, 0.1) is 17.0 Å². The Morgan fingerprint density at radius 2 is 2.06 bits per heavy atom. The van der Waals surface area contributed by atoms with Gasteiger partial charge in [0, 0.05) is 55.4 Å². The SMILES string of the molecule is Cc1[nH]c(C(=O)NCc2ccc([N+](=O)[O-])c3ncccc23)cc1S(=O)(=O)N1CCc2cnccc2C1. The van der Waals surface area contributed by atoms with Crippen molar-refractivity contribution >= 4 is 32.5 Å². The van der Waals surface area contributed by atoms with Crippen molar-refractivity contribution in [3.63, 3.8) is 0 Å². The molecule has 1 aromatic carbocycles. The first-order valence-electron chi connectivity index (χ1n) is 11.2. The van der Waals surface area contributed by atoms with E-state index in [4.69, 9.17) is 0 Å². The number of rotatable bonds is 6.